The van der Waals surface area contributed by atoms with Gasteiger partial charge in [-0.3, -0.25) is 0 Å². The molecule has 0 radical (unpaired) electrons. The number of hydrogen-bond acceptors (Lipinski definition) is 2. The lowest BCUT2D eigenvalue weighted by atomic mass is 9.84. The van der Waals surface area contributed by atoms with Crippen LogP contribution >= 0.6 is 0 Å². The number of para-hydroxylation sites is 3. The van der Waals surface area contributed by atoms with E-state index in [-0.39, 0.29) is 0 Å². The molecule has 9 aromatic carbocycles. The Hall–Kier alpha value is -7.36. The van der Waals surface area contributed by atoms with Crippen molar-refractivity contribution in [2.75, 3.05) is 0 Å². The van der Waals surface area contributed by atoms with E-state index in [0.717, 1.165) is 55.5 Å². The molecule has 0 aliphatic heterocycles. The Morgan fingerprint density at radius 3 is 1.67 bits per heavy atom. The van der Waals surface area contributed by atoms with E-state index in [0.29, 0.717) is 0 Å². The molecule has 0 fully saturated rings. The Bertz CT molecular complexity index is 3420. The van der Waals surface area contributed by atoms with E-state index >= 15 is 0 Å². The zero-order valence-electron chi connectivity index (χ0n) is 29.7. The topological polar surface area (TPSA) is 31.2 Å². The fourth-order valence-electron chi connectivity index (χ4n) is 9.04. The predicted octanol–water partition coefficient (Wildman–Crippen LogP) is 14.7. The van der Waals surface area contributed by atoms with Gasteiger partial charge in [-0.25, -0.2) is 0 Å². The highest BCUT2D eigenvalue weighted by molar-refractivity contribution is 6.28. The molecule has 0 saturated heterocycles. The largest absolute Gasteiger partial charge is 0.452 e. The van der Waals surface area contributed by atoms with Gasteiger partial charge < -0.3 is 13.4 Å². The van der Waals surface area contributed by atoms with Crippen molar-refractivity contribution in [1.29, 1.82) is 0 Å². The lowest BCUT2D eigenvalue weighted by Gasteiger charge is -2.18. The van der Waals surface area contributed by atoms with Crippen molar-refractivity contribution in [3.8, 4) is 39.3 Å². The molecule has 3 heteroatoms. The second-order valence-corrected chi connectivity index (χ2v) is 14.4. The molecule has 256 valence electrons. The third-order valence-electron chi connectivity index (χ3n) is 11.4. The molecule has 3 nitrogen and oxygen atoms in total. The zero-order valence-corrected chi connectivity index (χ0v) is 29.7. The van der Waals surface area contributed by atoms with Crippen LogP contribution in [0.1, 0.15) is 0 Å². The van der Waals surface area contributed by atoms with Gasteiger partial charge in [0, 0.05) is 38.2 Å². The number of furan rings is 2. The summed E-state index contributed by atoms with van der Waals surface area (Å²) in [6, 6.07) is 67.3. The number of benzene rings is 9. The third-order valence-corrected chi connectivity index (χ3v) is 11.4. The summed E-state index contributed by atoms with van der Waals surface area (Å²) in [4.78, 5) is 0. The number of aromatic nitrogens is 1. The van der Waals surface area contributed by atoms with Crippen LogP contribution in [0.3, 0.4) is 0 Å². The van der Waals surface area contributed by atoms with Gasteiger partial charge in [0.25, 0.3) is 0 Å². The predicted molar refractivity (Wildman–Crippen MR) is 229 cm³/mol. The fraction of sp³-hybridized carbons (Fsp3) is 0. The minimum atomic E-state index is 0.765. The molecule has 0 aliphatic carbocycles. The Kier molecular flexibility index (Phi) is 6.34. The van der Waals surface area contributed by atoms with Crippen LogP contribution in [-0.2, 0) is 0 Å². The van der Waals surface area contributed by atoms with Crippen molar-refractivity contribution in [2.24, 2.45) is 0 Å². The summed E-state index contributed by atoms with van der Waals surface area (Å²) < 4.78 is 15.8. The van der Waals surface area contributed by atoms with Crippen molar-refractivity contribution in [3.05, 3.63) is 188 Å². The van der Waals surface area contributed by atoms with Crippen LogP contribution in [-0.4, -0.2) is 4.57 Å². The van der Waals surface area contributed by atoms with Crippen LogP contribution in [0.5, 0.6) is 0 Å². The highest BCUT2D eigenvalue weighted by Crippen LogP contribution is 2.50. The SMILES string of the molecule is c1ccc(-c2cc3cc(-c4c5ccccc5c(-c5ccc6c7ccccc7n(-c7ccccc7)c6c5)c5ccccc45)c4c5ccccc5oc4c3o2)cc1. The summed E-state index contributed by atoms with van der Waals surface area (Å²) in [5.74, 6) is 0.822. The average molecular weight is 702 g/mol. The van der Waals surface area contributed by atoms with Crippen LogP contribution in [0.4, 0.5) is 0 Å². The fourth-order valence-corrected chi connectivity index (χ4v) is 9.04. The molecular weight excluding hydrogens is 671 g/mol. The first-order chi connectivity index (χ1) is 27.3. The van der Waals surface area contributed by atoms with Gasteiger partial charge in [0.15, 0.2) is 11.2 Å². The molecule has 0 N–H and O–H groups in total. The van der Waals surface area contributed by atoms with Crippen molar-refractivity contribution in [1.82, 2.24) is 4.57 Å². The quantitative estimate of drug-likeness (QED) is 0.171. The van der Waals surface area contributed by atoms with E-state index in [9.17, 15) is 0 Å². The highest BCUT2D eigenvalue weighted by Gasteiger charge is 2.24. The molecule has 0 atom stereocenters. The molecule has 0 bridgehead atoms. The number of rotatable bonds is 4. The standard InChI is InChI=1S/C52H31NO2/c1-3-15-32(16-4-1)47-31-34-29-43(50-42-24-12-14-26-46(42)54-52(50)51(34)55-47)49-40-22-9-7-20-38(40)48(39-21-8-10-23-41(39)49)33-27-28-37-36-19-11-13-25-44(36)53(45(37)30-33)35-17-5-2-6-18-35/h1-31H. The van der Waals surface area contributed by atoms with Gasteiger partial charge in [0.1, 0.15) is 11.3 Å². The van der Waals surface area contributed by atoms with Crippen LogP contribution in [0.25, 0.3) is 116 Å². The van der Waals surface area contributed by atoms with Gasteiger partial charge in [-0.1, -0.05) is 146 Å². The summed E-state index contributed by atoms with van der Waals surface area (Å²) >= 11 is 0. The molecule has 55 heavy (non-hydrogen) atoms. The molecule has 12 aromatic rings. The molecule has 0 aliphatic rings. The normalized spacial score (nSPS) is 12.0. The second-order valence-electron chi connectivity index (χ2n) is 14.4. The molecule has 12 rings (SSSR count). The lowest BCUT2D eigenvalue weighted by Crippen LogP contribution is -1.94. The van der Waals surface area contributed by atoms with E-state index in [1.165, 1.54) is 60.0 Å². The monoisotopic (exact) mass is 701 g/mol. The molecular formula is C52H31NO2. The average Bonchev–Trinajstić information content (AvgIpc) is 3.95. The summed E-state index contributed by atoms with van der Waals surface area (Å²) in [6.45, 7) is 0. The van der Waals surface area contributed by atoms with Gasteiger partial charge in [-0.05, 0) is 86.3 Å². The molecule has 3 aromatic heterocycles. The van der Waals surface area contributed by atoms with E-state index in [2.05, 4.69) is 168 Å². The Morgan fingerprint density at radius 1 is 0.364 bits per heavy atom. The first-order valence-corrected chi connectivity index (χ1v) is 18.8. The summed E-state index contributed by atoms with van der Waals surface area (Å²) in [7, 11) is 0. The Morgan fingerprint density at radius 2 is 0.945 bits per heavy atom. The summed E-state index contributed by atoms with van der Waals surface area (Å²) in [5.41, 5.74) is 11.7. The van der Waals surface area contributed by atoms with Crippen LogP contribution in [0.2, 0.25) is 0 Å². The maximum absolute atomic E-state index is 6.71. The third kappa shape index (κ3) is 4.38. The first kappa shape index (κ1) is 30.1. The number of fused-ring (bicyclic) bond motifs is 10. The van der Waals surface area contributed by atoms with E-state index in [1.807, 2.05) is 24.3 Å². The molecule has 0 unspecified atom stereocenters. The summed E-state index contributed by atoms with van der Waals surface area (Å²) in [5, 5.41) is 10.4. The summed E-state index contributed by atoms with van der Waals surface area (Å²) in [6.07, 6.45) is 0. The zero-order chi connectivity index (χ0) is 36.0. The van der Waals surface area contributed by atoms with Crippen LogP contribution in [0, 0.1) is 0 Å². The minimum absolute atomic E-state index is 0.765. The Balaban J connectivity index is 1.19. The van der Waals surface area contributed by atoms with Gasteiger partial charge in [0.05, 0.1) is 11.0 Å². The maximum atomic E-state index is 6.71. The second kappa shape index (κ2) is 11.6. The van der Waals surface area contributed by atoms with Gasteiger partial charge >= 0.3 is 0 Å². The molecule has 3 heterocycles. The van der Waals surface area contributed by atoms with Crippen LogP contribution in [0.15, 0.2) is 197 Å². The van der Waals surface area contributed by atoms with Crippen molar-refractivity contribution >= 4 is 76.3 Å². The van der Waals surface area contributed by atoms with E-state index in [1.54, 1.807) is 0 Å². The molecule has 0 saturated carbocycles. The van der Waals surface area contributed by atoms with Crippen molar-refractivity contribution in [3.63, 3.8) is 0 Å². The smallest absolute Gasteiger partial charge is 0.179 e. The molecule has 0 amide bonds. The van der Waals surface area contributed by atoms with Gasteiger partial charge in [-0.2, -0.15) is 0 Å². The first-order valence-electron chi connectivity index (χ1n) is 18.8. The van der Waals surface area contributed by atoms with E-state index in [4.69, 9.17) is 8.83 Å². The van der Waals surface area contributed by atoms with Crippen molar-refractivity contribution < 1.29 is 8.83 Å². The lowest BCUT2D eigenvalue weighted by molar-refractivity contribution is 0.611. The van der Waals surface area contributed by atoms with Gasteiger partial charge in [0.2, 0.25) is 0 Å². The Labute approximate surface area is 315 Å². The number of nitrogens with zero attached hydrogens (tertiary/aromatic N) is 1. The maximum Gasteiger partial charge on any atom is 0.179 e. The minimum Gasteiger partial charge on any atom is -0.452 e. The van der Waals surface area contributed by atoms with Crippen LogP contribution < -0.4 is 0 Å². The molecule has 0 spiro atoms. The van der Waals surface area contributed by atoms with Gasteiger partial charge in [-0.15, -0.1) is 0 Å². The number of hydrogen-bond donors (Lipinski definition) is 0. The van der Waals surface area contributed by atoms with E-state index < -0.39 is 0 Å². The highest BCUT2D eigenvalue weighted by atomic mass is 16.4. The van der Waals surface area contributed by atoms with Crippen molar-refractivity contribution in [2.45, 2.75) is 0 Å².